The van der Waals surface area contributed by atoms with Crippen molar-refractivity contribution in [3.63, 3.8) is 0 Å². The van der Waals surface area contributed by atoms with Crippen LogP contribution in [0.25, 0.3) is 0 Å². The van der Waals surface area contributed by atoms with Gasteiger partial charge in [-0.2, -0.15) is 0 Å². The molecule has 0 radical (unpaired) electrons. The lowest BCUT2D eigenvalue weighted by molar-refractivity contribution is 0.575. The van der Waals surface area contributed by atoms with E-state index < -0.39 is 0 Å². The lowest BCUT2D eigenvalue weighted by Gasteiger charge is -2.27. The molecule has 1 aliphatic carbocycles. The molecule has 2 aromatic rings. The number of rotatable bonds is 10. The van der Waals surface area contributed by atoms with E-state index in [0.717, 1.165) is 0 Å². The zero-order valence-electron chi connectivity index (χ0n) is 19.8. The van der Waals surface area contributed by atoms with Crippen molar-refractivity contribution in [2.45, 2.75) is 100 Å². The molecule has 32 heavy (non-hydrogen) atoms. The van der Waals surface area contributed by atoms with Gasteiger partial charge in [-0.15, -0.1) is 11.3 Å². The van der Waals surface area contributed by atoms with E-state index in [9.17, 15) is 0 Å². The van der Waals surface area contributed by atoms with Crippen LogP contribution in [0.3, 0.4) is 0 Å². The summed E-state index contributed by atoms with van der Waals surface area (Å²) in [4.78, 5) is 8.66. The third kappa shape index (κ3) is 6.36. The lowest BCUT2D eigenvalue weighted by atomic mass is 9.87. The summed E-state index contributed by atoms with van der Waals surface area (Å²) in [5.41, 5.74) is 1.50. The summed E-state index contributed by atoms with van der Waals surface area (Å²) in [6, 6.07) is 11.8. The van der Waals surface area contributed by atoms with Gasteiger partial charge in [-0.1, -0.05) is 94.1 Å². The lowest BCUT2D eigenvalue weighted by Crippen LogP contribution is -2.11. The summed E-state index contributed by atoms with van der Waals surface area (Å²) in [7, 11) is 0. The second kappa shape index (κ2) is 12.0. The minimum absolute atomic E-state index is 0.519. The Balaban J connectivity index is 1.36. The summed E-state index contributed by atoms with van der Waals surface area (Å²) < 4.78 is 0. The highest BCUT2D eigenvalue weighted by molar-refractivity contribution is 8.07. The molecular weight excluding hydrogens is 445 g/mol. The highest BCUT2D eigenvalue weighted by Gasteiger charge is 2.30. The molecular formula is C29H38S3. The molecule has 3 heteroatoms. The molecule has 0 bridgehead atoms. The van der Waals surface area contributed by atoms with Crippen molar-refractivity contribution in [2.24, 2.45) is 5.92 Å². The number of aryl methyl sites for hydroxylation is 2. The van der Waals surface area contributed by atoms with Crippen LogP contribution in [0.4, 0.5) is 0 Å². The van der Waals surface area contributed by atoms with Gasteiger partial charge in [0.2, 0.25) is 0 Å². The fourth-order valence-corrected chi connectivity index (χ4v) is 8.40. The van der Waals surface area contributed by atoms with Gasteiger partial charge in [0.1, 0.15) is 0 Å². The Hall–Kier alpha value is -0.900. The van der Waals surface area contributed by atoms with Crippen molar-refractivity contribution in [1.82, 2.24) is 0 Å². The van der Waals surface area contributed by atoms with Gasteiger partial charge in [0, 0.05) is 31.4 Å². The van der Waals surface area contributed by atoms with Crippen LogP contribution in [0.1, 0.15) is 92.4 Å². The fourth-order valence-electron chi connectivity index (χ4n) is 4.86. The molecule has 4 rings (SSSR count). The number of fused-ring (bicyclic) bond motifs is 2. The predicted molar refractivity (Wildman–Crippen MR) is 146 cm³/mol. The van der Waals surface area contributed by atoms with Gasteiger partial charge in [-0.05, 0) is 72.2 Å². The molecule has 0 amide bonds. The predicted octanol–water partition coefficient (Wildman–Crippen LogP) is 10.5. The first-order valence-electron chi connectivity index (χ1n) is 12.6. The molecule has 1 aromatic heterocycles. The third-order valence-corrected chi connectivity index (χ3v) is 10.4. The summed E-state index contributed by atoms with van der Waals surface area (Å²) in [5.74, 6) is 1.10. The largest absolute Gasteiger partial charge is 0.145 e. The van der Waals surface area contributed by atoms with Crippen LogP contribution in [-0.4, -0.2) is 0 Å². The minimum atomic E-state index is 0.519. The Morgan fingerprint density at radius 1 is 0.875 bits per heavy atom. The maximum absolute atomic E-state index is 4.52. The average molecular weight is 483 g/mol. The Kier molecular flexibility index (Phi) is 9.08. The standard InChI is InChI=1S/C29H38S3/c1-4-5-6-7-8-9-10-11-12-23-14-18-27-29(19-23)31-22(3)25-16-15-24(20-28(25)32-27)26-17-13-21(2)30-26/h13-14,17-20,24-25H,3-12,15-16H2,1-2H3. The molecule has 2 heterocycles. The highest BCUT2D eigenvalue weighted by atomic mass is 32.2. The van der Waals surface area contributed by atoms with Crippen molar-refractivity contribution >= 4 is 34.9 Å². The SMILES string of the molecule is C=C1Sc2cc(CCCCCCCCCC)ccc2SC2=CC(c3ccc(C)s3)CCC12. The van der Waals surface area contributed by atoms with Gasteiger partial charge in [-0.25, -0.2) is 0 Å². The Bertz CT molecular complexity index is 936. The van der Waals surface area contributed by atoms with E-state index in [0.29, 0.717) is 11.8 Å². The van der Waals surface area contributed by atoms with Crippen molar-refractivity contribution < 1.29 is 0 Å². The monoisotopic (exact) mass is 482 g/mol. The number of benzene rings is 1. The zero-order chi connectivity index (χ0) is 22.3. The van der Waals surface area contributed by atoms with Gasteiger partial charge < -0.3 is 0 Å². The van der Waals surface area contributed by atoms with Gasteiger partial charge >= 0.3 is 0 Å². The highest BCUT2D eigenvalue weighted by Crippen LogP contribution is 2.54. The van der Waals surface area contributed by atoms with Crippen molar-refractivity contribution in [3.05, 3.63) is 68.1 Å². The quantitative estimate of drug-likeness (QED) is 0.309. The smallest absolute Gasteiger partial charge is 0.0261 e. The van der Waals surface area contributed by atoms with Gasteiger partial charge in [-0.3, -0.25) is 0 Å². The first-order chi connectivity index (χ1) is 15.6. The molecule has 0 saturated heterocycles. The summed E-state index contributed by atoms with van der Waals surface area (Å²) in [6.07, 6.45) is 17.3. The Morgan fingerprint density at radius 2 is 1.66 bits per heavy atom. The maximum Gasteiger partial charge on any atom is 0.0261 e. The van der Waals surface area contributed by atoms with E-state index in [-0.39, 0.29) is 0 Å². The normalized spacial score (nSPS) is 20.4. The van der Waals surface area contributed by atoms with Crippen molar-refractivity contribution in [2.75, 3.05) is 0 Å². The Morgan fingerprint density at radius 3 is 2.41 bits per heavy atom. The van der Waals surface area contributed by atoms with Crippen molar-refractivity contribution in [3.8, 4) is 0 Å². The van der Waals surface area contributed by atoms with E-state index in [4.69, 9.17) is 0 Å². The van der Waals surface area contributed by atoms with Gasteiger partial charge in [0.25, 0.3) is 0 Å². The van der Waals surface area contributed by atoms with Gasteiger partial charge in [0.15, 0.2) is 0 Å². The number of hydrogen-bond donors (Lipinski definition) is 0. The van der Waals surface area contributed by atoms with Crippen LogP contribution in [0.5, 0.6) is 0 Å². The first-order valence-corrected chi connectivity index (χ1v) is 15.0. The zero-order valence-corrected chi connectivity index (χ0v) is 22.3. The fraction of sp³-hybridized carbons (Fsp3) is 0.517. The number of thiophene rings is 1. The molecule has 2 unspecified atom stereocenters. The van der Waals surface area contributed by atoms with Crippen LogP contribution in [-0.2, 0) is 6.42 Å². The minimum Gasteiger partial charge on any atom is -0.145 e. The molecule has 172 valence electrons. The molecule has 0 N–H and O–H groups in total. The van der Waals surface area contributed by atoms with Crippen LogP contribution < -0.4 is 0 Å². The molecule has 1 aliphatic heterocycles. The molecule has 0 fully saturated rings. The molecule has 2 atom stereocenters. The number of allylic oxidation sites excluding steroid dienone is 3. The molecule has 0 saturated carbocycles. The topological polar surface area (TPSA) is 0 Å². The van der Waals surface area contributed by atoms with Gasteiger partial charge in [0.05, 0.1) is 0 Å². The molecule has 0 nitrogen and oxygen atoms in total. The van der Waals surface area contributed by atoms with E-state index in [2.05, 4.69) is 56.8 Å². The Labute approximate surface area is 208 Å². The van der Waals surface area contributed by atoms with E-state index in [1.807, 2.05) is 34.9 Å². The molecule has 2 aliphatic rings. The summed E-state index contributed by atoms with van der Waals surface area (Å²) in [5, 5.41) is 0. The maximum atomic E-state index is 4.52. The number of hydrogen-bond acceptors (Lipinski definition) is 3. The van der Waals surface area contributed by atoms with Crippen LogP contribution in [0.2, 0.25) is 0 Å². The second-order valence-electron chi connectivity index (χ2n) is 9.43. The van der Waals surface area contributed by atoms with Crippen molar-refractivity contribution in [1.29, 1.82) is 0 Å². The van der Waals surface area contributed by atoms with Crippen LogP contribution >= 0.6 is 34.9 Å². The molecule has 0 spiro atoms. The van der Waals surface area contributed by atoms with E-state index in [1.165, 1.54) is 106 Å². The average Bonchev–Trinajstić information content (AvgIpc) is 3.17. The number of thioether (sulfide) groups is 2. The summed E-state index contributed by atoms with van der Waals surface area (Å²) >= 11 is 5.90. The van der Waals surface area contributed by atoms with Crippen LogP contribution in [0.15, 0.2) is 62.6 Å². The number of unbranched alkanes of at least 4 members (excludes halogenated alkanes) is 7. The summed E-state index contributed by atoms with van der Waals surface area (Å²) in [6.45, 7) is 9.02. The van der Waals surface area contributed by atoms with E-state index >= 15 is 0 Å². The van der Waals surface area contributed by atoms with E-state index in [1.54, 1.807) is 0 Å². The first kappa shape index (κ1) is 24.2. The third-order valence-electron chi connectivity index (χ3n) is 6.79. The molecule has 1 aromatic carbocycles. The second-order valence-corrected chi connectivity index (χ2v) is 13.0. The van der Waals surface area contributed by atoms with Crippen LogP contribution in [0, 0.1) is 12.8 Å².